The summed E-state index contributed by atoms with van der Waals surface area (Å²) in [6.45, 7) is 3.84. The number of carbonyl (C=O) groups excluding carboxylic acids is 1. The Bertz CT molecular complexity index is 533. The lowest BCUT2D eigenvalue weighted by molar-refractivity contribution is -0.146. The van der Waals surface area contributed by atoms with Crippen molar-refractivity contribution >= 4 is 17.7 Å². The van der Waals surface area contributed by atoms with Crippen LogP contribution in [0, 0.1) is 5.92 Å². The van der Waals surface area contributed by atoms with Crippen LogP contribution in [0.3, 0.4) is 0 Å². The molecule has 1 aromatic rings. The van der Waals surface area contributed by atoms with Crippen molar-refractivity contribution in [3.63, 3.8) is 0 Å². The summed E-state index contributed by atoms with van der Waals surface area (Å²) in [4.78, 5) is 34.2. The molecule has 1 rings (SSSR count). The predicted molar refractivity (Wildman–Crippen MR) is 72.9 cm³/mol. The van der Waals surface area contributed by atoms with Gasteiger partial charge in [-0.3, -0.25) is 14.4 Å². The van der Waals surface area contributed by atoms with Crippen LogP contribution in [0.1, 0.15) is 41.8 Å². The third kappa shape index (κ3) is 3.44. The topological polar surface area (TPSA) is 91.7 Å². The quantitative estimate of drug-likeness (QED) is 0.589. The normalized spacial score (nSPS) is 11.9. The van der Waals surface area contributed by atoms with Crippen LogP contribution in [0.25, 0.3) is 0 Å². The van der Waals surface area contributed by atoms with E-state index in [2.05, 4.69) is 0 Å². The molecule has 0 aliphatic carbocycles. The van der Waals surface area contributed by atoms with Crippen molar-refractivity contribution in [2.45, 2.75) is 33.1 Å². The van der Waals surface area contributed by atoms with Gasteiger partial charge in [0.2, 0.25) is 0 Å². The maximum Gasteiger partial charge on any atom is 0.315 e. The minimum Gasteiger partial charge on any atom is -0.481 e. The van der Waals surface area contributed by atoms with Gasteiger partial charge in [-0.2, -0.15) is 0 Å². The molecule has 1 atom stereocenters. The van der Waals surface area contributed by atoms with Crippen molar-refractivity contribution in [1.29, 1.82) is 0 Å². The summed E-state index contributed by atoms with van der Waals surface area (Å²) in [6.07, 6.45) is 0.638. The molecule has 1 aromatic carbocycles. The van der Waals surface area contributed by atoms with Gasteiger partial charge in [0.1, 0.15) is 5.92 Å². The third-order valence-electron chi connectivity index (χ3n) is 3.27. The average molecular weight is 278 g/mol. The van der Waals surface area contributed by atoms with Crippen molar-refractivity contribution in [1.82, 2.24) is 0 Å². The molecule has 0 aliphatic heterocycles. The number of hydrogen-bond acceptors (Lipinski definition) is 3. The third-order valence-corrected chi connectivity index (χ3v) is 3.27. The molecule has 1 unspecified atom stereocenters. The summed E-state index contributed by atoms with van der Waals surface area (Å²) in [5, 5.41) is 17.8. The molecule has 108 valence electrons. The van der Waals surface area contributed by atoms with Crippen molar-refractivity contribution < 1.29 is 24.6 Å². The summed E-state index contributed by atoms with van der Waals surface area (Å²) in [5.74, 6) is -4.87. The van der Waals surface area contributed by atoms with Gasteiger partial charge in [0.15, 0.2) is 5.78 Å². The zero-order chi connectivity index (χ0) is 15.3. The highest BCUT2D eigenvalue weighted by atomic mass is 16.4. The van der Waals surface area contributed by atoms with E-state index < -0.39 is 30.1 Å². The summed E-state index contributed by atoms with van der Waals surface area (Å²) >= 11 is 0. The highest BCUT2D eigenvalue weighted by molar-refractivity contribution is 6.10. The molecule has 0 amide bonds. The van der Waals surface area contributed by atoms with Crippen LogP contribution in [-0.2, 0) is 22.4 Å². The van der Waals surface area contributed by atoms with Crippen LogP contribution in [0.5, 0.6) is 0 Å². The lowest BCUT2D eigenvalue weighted by Crippen LogP contribution is -2.27. The fraction of sp³-hybridized carbons (Fsp3) is 0.400. The first-order valence-corrected chi connectivity index (χ1v) is 6.51. The maximum atomic E-state index is 12.3. The molecule has 2 N–H and O–H groups in total. The Balaban J connectivity index is 3.24. The molecule has 0 aliphatic rings. The number of aryl methyl sites for hydroxylation is 1. The zero-order valence-corrected chi connectivity index (χ0v) is 11.5. The predicted octanol–water partition coefficient (Wildman–Crippen LogP) is 2.17. The van der Waals surface area contributed by atoms with Crippen LogP contribution >= 0.6 is 0 Å². The van der Waals surface area contributed by atoms with Gasteiger partial charge < -0.3 is 10.2 Å². The second-order valence-corrected chi connectivity index (χ2v) is 4.50. The van der Waals surface area contributed by atoms with Gasteiger partial charge in [0, 0.05) is 5.56 Å². The number of Topliss-reactive ketones (excluding diaryl/α,β-unsaturated/α-hetero) is 1. The Hall–Kier alpha value is -2.17. The highest BCUT2D eigenvalue weighted by Gasteiger charge is 2.31. The largest absolute Gasteiger partial charge is 0.481 e. The molecule has 0 fully saturated rings. The Morgan fingerprint density at radius 2 is 1.75 bits per heavy atom. The monoisotopic (exact) mass is 278 g/mol. The van der Waals surface area contributed by atoms with Crippen molar-refractivity contribution in [3.8, 4) is 0 Å². The molecule has 0 saturated carbocycles. The summed E-state index contributed by atoms with van der Waals surface area (Å²) in [5.41, 5.74) is 2.11. The Morgan fingerprint density at radius 1 is 1.10 bits per heavy atom. The smallest absolute Gasteiger partial charge is 0.315 e. The van der Waals surface area contributed by atoms with E-state index in [1.807, 2.05) is 19.9 Å². The van der Waals surface area contributed by atoms with Crippen LogP contribution in [0.2, 0.25) is 0 Å². The molecule has 0 saturated heterocycles. The summed E-state index contributed by atoms with van der Waals surface area (Å²) in [7, 11) is 0. The van der Waals surface area contributed by atoms with Gasteiger partial charge in [0.05, 0.1) is 6.42 Å². The molecule has 5 nitrogen and oxygen atoms in total. The van der Waals surface area contributed by atoms with Crippen molar-refractivity contribution in [3.05, 3.63) is 34.9 Å². The number of ketones is 1. The number of aliphatic carboxylic acids is 2. The van der Waals surface area contributed by atoms with Crippen LogP contribution < -0.4 is 0 Å². The number of carbonyl (C=O) groups is 3. The van der Waals surface area contributed by atoms with Crippen molar-refractivity contribution in [2.24, 2.45) is 5.92 Å². The molecule has 5 heteroatoms. The second kappa shape index (κ2) is 6.84. The van der Waals surface area contributed by atoms with Gasteiger partial charge in [-0.15, -0.1) is 0 Å². The van der Waals surface area contributed by atoms with Crippen molar-refractivity contribution in [2.75, 3.05) is 0 Å². The number of carboxylic acid groups (broad SMARTS) is 2. The van der Waals surface area contributed by atoms with Gasteiger partial charge in [-0.25, -0.2) is 0 Å². The SMILES string of the molecule is CCc1cccc(C(=O)C(CC(=O)O)C(=O)O)c1CC. The Kier molecular flexibility index (Phi) is 5.43. The Labute approximate surface area is 117 Å². The van der Waals surface area contributed by atoms with E-state index in [0.29, 0.717) is 12.0 Å². The van der Waals surface area contributed by atoms with Crippen LogP contribution in [-0.4, -0.2) is 27.9 Å². The standard InChI is InChI=1S/C15H18O5/c1-3-9-6-5-7-11(10(9)4-2)14(18)12(15(19)20)8-13(16)17/h5-7,12H,3-4,8H2,1-2H3,(H,16,17)(H,19,20). The molecule has 0 spiro atoms. The first kappa shape index (κ1) is 15.9. The van der Waals surface area contributed by atoms with E-state index in [9.17, 15) is 14.4 Å². The van der Waals surface area contributed by atoms with E-state index in [-0.39, 0.29) is 0 Å². The number of carboxylic acids is 2. The summed E-state index contributed by atoms with van der Waals surface area (Å²) < 4.78 is 0. The fourth-order valence-corrected chi connectivity index (χ4v) is 2.27. The van der Waals surface area contributed by atoms with E-state index in [1.54, 1.807) is 12.1 Å². The van der Waals surface area contributed by atoms with Gasteiger partial charge in [-0.1, -0.05) is 32.0 Å². The van der Waals surface area contributed by atoms with Gasteiger partial charge in [-0.05, 0) is 24.0 Å². The van der Waals surface area contributed by atoms with E-state index in [4.69, 9.17) is 10.2 Å². The van der Waals surface area contributed by atoms with Crippen LogP contribution in [0.15, 0.2) is 18.2 Å². The Morgan fingerprint density at radius 3 is 2.20 bits per heavy atom. The number of benzene rings is 1. The lowest BCUT2D eigenvalue weighted by Gasteiger charge is -2.14. The molecule has 0 aromatic heterocycles. The molecule has 20 heavy (non-hydrogen) atoms. The highest BCUT2D eigenvalue weighted by Crippen LogP contribution is 2.21. The average Bonchev–Trinajstić information content (AvgIpc) is 2.42. The van der Waals surface area contributed by atoms with Crippen LogP contribution in [0.4, 0.5) is 0 Å². The minimum absolute atomic E-state index is 0.320. The van der Waals surface area contributed by atoms with E-state index in [1.165, 1.54) is 0 Å². The molecule has 0 radical (unpaired) electrons. The maximum absolute atomic E-state index is 12.3. The first-order valence-electron chi connectivity index (χ1n) is 6.51. The van der Waals surface area contributed by atoms with E-state index >= 15 is 0 Å². The van der Waals surface area contributed by atoms with Gasteiger partial charge in [0.25, 0.3) is 0 Å². The first-order chi connectivity index (χ1) is 9.42. The molecular weight excluding hydrogens is 260 g/mol. The zero-order valence-electron chi connectivity index (χ0n) is 11.5. The summed E-state index contributed by atoms with van der Waals surface area (Å²) in [6, 6.07) is 5.16. The molecule has 0 heterocycles. The van der Waals surface area contributed by atoms with Gasteiger partial charge >= 0.3 is 11.9 Å². The molecular formula is C15H18O5. The number of hydrogen-bond donors (Lipinski definition) is 2. The lowest BCUT2D eigenvalue weighted by atomic mass is 9.88. The van der Waals surface area contributed by atoms with E-state index in [0.717, 1.165) is 17.5 Å². The second-order valence-electron chi connectivity index (χ2n) is 4.50. The molecule has 0 bridgehead atoms. The fourth-order valence-electron chi connectivity index (χ4n) is 2.27. The number of rotatable bonds is 7. The minimum atomic E-state index is -1.54.